The summed E-state index contributed by atoms with van der Waals surface area (Å²) in [5.41, 5.74) is 14.4. The number of anilines is 3. The summed E-state index contributed by atoms with van der Waals surface area (Å²) >= 11 is 1.89. The molecule has 0 amide bonds. The predicted molar refractivity (Wildman–Crippen MR) is 189 cm³/mol. The number of rotatable bonds is 3. The molecular formula is C42H33NS. The molecule has 1 nitrogen and oxygen atoms in total. The van der Waals surface area contributed by atoms with Crippen molar-refractivity contribution in [3.8, 4) is 22.3 Å². The monoisotopic (exact) mass is 583 g/mol. The maximum absolute atomic E-state index is 2.61. The van der Waals surface area contributed by atoms with Crippen molar-refractivity contribution >= 4 is 48.6 Å². The lowest BCUT2D eigenvalue weighted by molar-refractivity contribution is 0.640. The van der Waals surface area contributed by atoms with Crippen molar-refractivity contribution in [1.29, 1.82) is 0 Å². The molecule has 0 atom stereocenters. The van der Waals surface area contributed by atoms with Gasteiger partial charge < -0.3 is 4.90 Å². The van der Waals surface area contributed by atoms with E-state index in [9.17, 15) is 0 Å². The molecule has 0 spiro atoms. The van der Waals surface area contributed by atoms with Gasteiger partial charge in [-0.25, -0.2) is 0 Å². The maximum atomic E-state index is 2.61. The largest absolute Gasteiger partial charge is 0.309 e. The third-order valence-corrected chi connectivity index (χ3v) is 11.3. The molecule has 0 saturated heterocycles. The first-order chi connectivity index (χ1) is 21.4. The van der Waals surface area contributed by atoms with Gasteiger partial charge in [-0.1, -0.05) is 119 Å². The van der Waals surface area contributed by atoms with Gasteiger partial charge in [-0.05, 0) is 80.9 Å². The van der Waals surface area contributed by atoms with Crippen LogP contribution in [0.2, 0.25) is 0 Å². The van der Waals surface area contributed by atoms with E-state index in [4.69, 9.17) is 0 Å². The highest BCUT2D eigenvalue weighted by Gasteiger charge is 2.46. The van der Waals surface area contributed by atoms with E-state index >= 15 is 0 Å². The van der Waals surface area contributed by atoms with Gasteiger partial charge in [0.15, 0.2) is 0 Å². The molecule has 2 aliphatic carbocycles. The number of hydrogen-bond donors (Lipinski definition) is 0. The van der Waals surface area contributed by atoms with E-state index < -0.39 is 0 Å². The molecule has 2 aliphatic rings. The van der Waals surface area contributed by atoms with Crippen LogP contribution < -0.4 is 4.90 Å². The predicted octanol–water partition coefficient (Wildman–Crippen LogP) is 12.1. The van der Waals surface area contributed by atoms with Crippen LogP contribution in [-0.2, 0) is 10.8 Å². The number of nitrogens with zero attached hydrogens (tertiary/aromatic N) is 1. The van der Waals surface area contributed by atoms with Gasteiger partial charge in [0.05, 0.1) is 11.4 Å². The number of para-hydroxylation sites is 1. The minimum Gasteiger partial charge on any atom is -0.309 e. The Kier molecular flexibility index (Phi) is 5.24. The second-order valence-corrected chi connectivity index (χ2v) is 14.4. The molecule has 0 saturated carbocycles. The molecule has 212 valence electrons. The van der Waals surface area contributed by atoms with Gasteiger partial charge in [0.2, 0.25) is 0 Å². The summed E-state index contributed by atoms with van der Waals surface area (Å²) in [6, 6.07) is 47.4. The minimum atomic E-state index is -0.182. The van der Waals surface area contributed by atoms with Crippen LogP contribution in [0.1, 0.15) is 49.9 Å². The van der Waals surface area contributed by atoms with Gasteiger partial charge >= 0.3 is 0 Å². The van der Waals surface area contributed by atoms with Crippen molar-refractivity contribution in [3.05, 3.63) is 150 Å². The second-order valence-electron chi connectivity index (χ2n) is 13.3. The Balaban J connectivity index is 1.49. The van der Waals surface area contributed by atoms with E-state index in [1.807, 2.05) is 11.3 Å². The van der Waals surface area contributed by atoms with E-state index in [1.54, 1.807) is 0 Å². The van der Waals surface area contributed by atoms with Crippen LogP contribution in [0.3, 0.4) is 0 Å². The average Bonchev–Trinajstić information content (AvgIpc) is 3.62. The molecule has 0 unspecified atom stereocenters. The summed E-state index contributed by atoms with van der Waals surface area (Å²) < 4.78 is 2.64. The van der Waals surface area contributed by atoms with E-state index in [0.717, 1.165) is 0 Å². The highest BCUT2D eigenvalue weighted by Crippen LogP contribution is 2.63. The quantitative estimate of drug-likeness (QED) is 0.200. The molecule has 0 aliphatic heterocycles. The first-order valence-electron chi connectivity index (χ1n) is 15.5. The molecule has 0 fully saturated rings. The third kappa shape index (κ3) is 3.29. The maximum Gasteiger partial charge on any atom is 0.0556 e. The van der Waals surface area contributed by atoms with Crippen molar-refractivity contribution in [2.24, 2.45) is 0 Å². The number of benzene rings is 6. The standard InChI is InChI=1S/C42H33NS/c1-41(2)32-20-11-8-17-27(32)30-25-31-28-18-9-12-21-33(28)42(3,4)39(31)40(38(30)41)43(26-15-6-5-7-16-26)34-22-14-24-36-37(34)29-19-10-13-23-35(29)44-36/h5-25H,1-4H3. The summed E-state index contributed by atoms with van der Waals surface area (Å²) in [6.45, 7) is 9.69. The van der Waals surface area contributed by atoms with Gasteiger partial charge in [0.25, 0.3) is 0 Å². The minimum absolute atomic E-state index is 0.182. The third-order valence-electron chi connectivity index (χ3n) is 10.2. The van der Waals surface area contributed by atoms with Crippen LogP contribution >= 0.6 is 11.3 Å². The second kappa shape index (κ2) is 8.94. The van der Waals surface area contributed by atoms with Crippen molar-refractivity contribution in [1.82, 2.24) is 0 Å². The molecule has 44 heavy (non-hydrogen) atoms. The molecule has 1 heterocycles. The fourth-order valence-corrected chi connectivity index (χ4v) is 9.41. The van der Waals surface area contributed by atoms with Crippen molar-refractivity contribution in [2.45, 2.75) is 38.5 Å². The van der Waals surface area contributed by atoms with Gasteiger partial charge in [0.1, 0.15) is 0 Å². The van der Waals surface area contributed by atoms with Crippen LogP contribution in [0.4, 0.5) is 17.1 Å². The smallest absolute Gasteiger partial charge is 0.0556 e. The molecule has 0 bridgehead atoms. The zero-order chi connectivity index (χ0) is 29.8. The first-order valence-corrected chi connectivity index (χ1v) is 16.4. The molecule has 1 aromatic heterocycles. The van der Waals surface area contributed by atoms with Crippen LogP contribution in [-0.4, -0.2) is 0 Å². The number of thiophene rings is 1. The summed E-state index contributed by atoms with van der Waals surface area (Å²) in [5, 5.41) is 2.64. The molecule has 6 aromatic carbocycles. The topological polar surface area (TPSA) is 3.24 Å². The Morgan fingerprint density at radius 1 is 0.500 bits per heavy atom. The zero-order valence-corrected chi connectivity index (χ0v) is 26.3. The van der Waals surface area contributed by atoms with Crippen molar-refractivity contribution < 1.29 is 0 Å². The van der Waals surface area contributed by atoms with Crippen LogP contribution in [0, 0.1) is 0 Å². The lowest BCUT2D eigenvalue weighted by Crippen LogP contribution is -2.26. The van der Waals surface area contributed by atoms with Gasteiger partial charge in [-0.15, -0.1) is 11.3 Å². The van der Waals surface area contributed by atoms with Gasteiger partial charge in [0, 0.05) is 36.7 Å². The van der Waals surface area contributed by atoms with Crippen molar-refractivity contribution in [2.75, 3.05) is 4.90 Å². The fraction of sp³-hybridized carbons (Fsp3) is 0.143. The van der Waals surface area contributed by atoms with Crippen LogP contribution in [0.15, 0.2) is 127 Å². The van der Waals surface area contributed by atoms with Crippen LogP contribution in [0.5, 0.6) is 0 Å². The Morgan fingerprint density at radius 2 is 1.05 bits per heavy atom. The summed E-state index contributed by atoms with van der Waals surface area (Å²) in [6.07, 6.45) is 0. The first kappa shape index (κ1) is 25.8. The SMILES string of the molecule is CC1(C)c2ccccc2-c2cc3c(c(N(c4ccccc4)c4cccc5sc6ccccc6c45)c21)C(C)(C)c1ccccc1-3. The summed E-state index contributed by atoms with van der Waals surface area (Å²) in [5.74, 6) is 0. The van der Waals surface area contributed by atoms with E-state index in [-0.39, 0.29) is 10.8 Å². The van der Waals surface area contributed by atoms with Gasteiger partial charge in [-0.3, -0.25) is 0 Å². The Labute approximate surface area is 263 Å². The molecule has 0 N–H and O–H groups in total. The molecule has 7 aromatic rings. The lowest BCUT2D eigenvalue weighted by Gasteiger charge is -2.37. The van der Waals surface area contributed by atoms with E-state index in [2.05, 4.69) is 160 Å². The fourth-order valence-electron chi connectivity index (χ4n) is 8.29. The van der Waals surface area contributed by atoms with Crippen molar-refractivity contribution in [3.63, 3.8) is 0 Å². The highest BCUT2D eigenvalue weighted by molar-refractivity contribution is 7.26. The van der Waals surface area contributed by atoms with E-state index in [1.165, 1.54) is 81.7 Å². The Bertz CT molecular complexity index is 2200. The average molecular weight is 584 g/mol. The summed E-state index contributed by atoms with van der Waals surface area (Å²) in [4.78, 5) is 2.61. The molecule has 9 rings (SSSR count). The molecular weight excluding hydrogens is 551 g/mol. The number of fused-ring (bicyclic) bond motifs is 9. The van der Waals surface area contributed by atoms with Gasteiger partial charge in [-0.2, -0.15) is 0 Å². The van der Waals surface area contributed by atoms with E-state index in [0.29, 0.717) is 0 Å². The van der Waals surface area contributed by atoms with Crippen LogP contribution in [0.25, 0.3) is 42.4 Å². The molecule has 0 radical (unpaired) electrons. The normalized spacial score (nSPS) is 15.2. The lowest BCUT2D eigenvalue weighted by atomic mass is 9.75. The number of hydrogen-bond acceptors (Lipinski definition) is 2. The Morgan fingerprint density at radius 3 is 1.70 bits per heavy atom. The summed E-state index contributed by atoms with van der Waals surface area (Å²) in [7, 11) is 0. The highest BCUT2D eigenvalue weighted by atomic mass is 32.1. The zero-order valence-electron chi connectivity index (χ0n) is 25.5. The Hall–Kier alpha value is -4.66. The molecule has 2 heteroatoms.